The van der Waals surface area contributed by atoms with E-state index in [-0.39, 0.29) is 0 Å². The average molecular weight is 243 g/mol. The Balaban J connectivity index is 2.32. The summed E-state index contributed by atoms with van der Waals surface area (Å²) in [7, 11) is 0. The van der Waals surface area contributed by atoms with Crippen LogP contribution in [0.1, 0.15) is 59.3 Å². The molecular formula is C14H29NS. The van der Waals surface area contributed by atoms with Gasteiger partial charge >= 0.3 is 0 Å². The summed E-state index contributed by atoms with van der Waals surface area (Å²) >= 11 is 2.22. The van der Waals surface area contributed by atoms with Crippen molar-refractivity contribution < 1.29 is 0 Å². The van der Waals surface area contributed by atoms with Crippen molar-refractivity contribution >= 4 is 11.8 Å². The third-order valence-electron chi connectivity index (χ3n) is 3.45. The molecule has 0 radical (unpaired) electrons. The van der Waals surface area contributed by atoms with Gasteiger partial charge in [0.25, 0.3) is 0 Å². The molecule has 1 fully saturated rings. The lowest BCUT2D eigenvalue weighted by molar-refractivity contribution is 0.482. The van der Waals surface area contributed by atoms with Crippen LogP contribution < -0.4 is 5.32 Å². The molecule has 1 aliphatic carbocycles. The number of nitrogens with one attached hydrogen (secondary N) is 1. The molecule has 1 N–H and O–H groups in total. The van der Waals surface area contributed by atoms with E-state index in [2.05, 4.69) is 37.8 Å². The van der Waals surface area contributed by atoms with E-state index in [9.17, 15) is 0 Å². The van der Waals surface area contributed by atoms with E-state index in [4.69, 9.17) is 0 Å². The largest absolute Gasteiger partial charge is 0.313 e. The predicted octanol–water partition coefficient (Wildman–Crippen LogP) is 4.08. The first kappa shape index (κ1) is 14.4. The van der Waals surface area contributed by atoms with E-state index < -0.39 is 0 Å². The minimum absolute atomic E-state index is 0.782. The number of rotatable bonds is 6. The fraction of sp³-hybridized carbons (Fsp3) is 1.00. The van der Waals surface area contributed by atoms with Gasteiger partial charge in [-0.15, -0.1) is 0 Å². The Bertz CT molecular complexity index is 170. The van der Waals surface area contributed by atoms with Gasteiger partial charge in [0.1, 0.15) is 0 Å². The van der Waals surface area contributed by atoms with Crippen molar-refractivity contribution in [3.63, 3.8) is 0 Å². The molecule has 2 atom stereocenters. The first-order valence-electron chi connectivity index (χ1n) is 7.09. The second-order valence-corrected chi connectivity index (χ2v) is 6.74. The molecule has 0 aromatic rings. The molecule has 1 aliphatic rings. The van der Waals surface area contributed by atoms with Gasteiger partial charge in [-0.3, -0.25) is 0 Å². The quantitative estimate of drug-likeness (QED) is 0.706. The van der Waals surface area contributed by atoms with Crippen molar-refractivity contribution in [1.29, 1.82) is 0 Å². The summed E-state index contributed by atoms with van der Waals surface area (Å²) in [6, 6.07) is 0.782. The fourth-order valence-corrected chi connectivity index (χ4v) is 4.13. The van der Waals surface area contributed by atoms with Crippen LogP contribution in [0.4, 0.5) is 0 Å². The Morgan fingerprint density at radius 1 is 1.19 bits per heavy atom. The van der Waals surface area contributed by atoms with Crippen LogP contribution in [-0.4, -0.2) is 23.6 Å². The van der Waals surface area contributed by atoms with E-state index in [1.807, 2.05) is 0 Å². The van der Waals surface area contributed by atoms with E-state index in [0.29, 0.717) is 0 Å². The Hall–Kier alpha value is 0.310. The monoisotopic (exact) mass is 243 g/mol. The summed E-state index contributed by atoms with van der Waals surface area (Å²) in [5, 5.41) is 4.57. The van der Waals surface area contributed by atoms with Crippen molar-refractivity contribution in [3.05, 3.63) is 0 Å². The molecule has 1 nitrogen and oxygen atoms in total. The Morgan fingerprint density at radius 2 is 1.94 bits per heavy atom. The molecule has 1 rings (SSSR count). The molecule has 2 heteroatoms. The fourth-order valence-electron chi connectivity index (χ4n) is 2.42. The molecule has 0 aromatic carbocycles. The van der Waals surface area contributed by atoms with Crippen LogP contribution in [0.3, 0.4) is 0 Å². The number of hydrogen-bond donors (Lipinski definition) is 1. The summed E-state index contributed by atoms with van der Waals surface area (Å²) in [5.74, 6) is 2.21. The van der Waals surface area contributed by atoms with Gasteiger partial charge in [-0.1, -0.05) is 40.0 Å². The zero-order chi connectivity index (χ0) is 11.8. The lowest BCUT2D eigenvalue weighted by atomic mass is 10.1. The minimum atomic E-state index is 0.782. The van der Waals surface area contributed by atoms with Crippen LogP contribution in [0.25, 0.3) is 0 Å². The van der Waals surface area contributed by atoms with Gasteiger partial charge < -0.3 is 5.32 Å². The molecule has 16 heavy (non-hydrogen) atoms. The van der Waals surface area contributed by atoms with E-state index >= 15 is 0 Å². The van der Waals surface area contributed by atoms with E-state index in [0.717, 1.165) is 23.8 Å². The molecular weight excluding hydrogens is 214 g/mol. The van der Waals surface area contributed by atoms with Gasteiger partial charge in [0.05, 0.1) is 0 Å². The van der Waals surface area contributed by atoms with Crippen molar-refractivity contribution in [3.8, 4) is 0 Å². The zero-order valence-electron chi connectivity index (χ0n) is 11.3. The minimum Gasteiger partial charge on any atom is -0.313 e. The molecule has 0 saturated heterocycles. The Kier molecular flexibility index (Phi) is 7.55. The molecule has 96 valence electrons. The summed E-state index contributed by atoms with van der Waals surface area (Å²) < 4.78 is 0. The average Bonchev–Trinajstić information content (AvgIpc) is 2.45. The van der Waals surface area contributed by atoms with Gasteiger partial charge in [0, 0.05) is 11.3 Å². The van der Waals surface area contributed by atoms with Crippen LogP contribution in [0, 0.1) is 5.92 Å². The van der Waals surface area contributed by atoms with Crippen molar-refractivity contribution in [2.45, 2.75) is 70.6 Å². The van der Waals surface area contributed by atoms with E-state index in [1.54, 1.807) is 0 Å². The first-order chi connectivity index (χ1) is 7.74. The van der Waals surface area contributed by atoms with Gasteiger partial charge in [-0.05, 0) is 37.5 Å². The summed E-state index contributed by atoms with van der Waals surface area (Å²) in [5.41, 5.74) is 0. The van der Waals surface area contributed by atoms with Crippen molar-refractivity contribution in [2.75, 3.05) is 12.3 Å². The lowest BCUT2D eigenvalue weighted by Gasteiger charge is -2.25. The molecule has 0 aromatic heterocycles. The second-order valence-electron chi connectivity index (χ2n) is 5.39. The molecule has 0 aliphatic heterocycles. The highest BCUT2D eigenvalue weighted by Gasteiger charge is 2.22. The molecule has 0 spiro atoms. The molecule has 1 saturated carbocycles. The lowest BCUT2D eigenvalue weighted by Crippen LogP contribution is -2.37. The maximum absolute atomic E-state index is 3.69. The van der Waals surface area contributed by atoms with Crippen LogP contribution in [0.15, 0.2) is 0 Å². The van der Waals surface area contributed by atoms with Gasteiger partial charge in [0.2, 0.25) is 0 Å². The first-order valence-corrected chi connectivity index (χ1v) is 8.14. The third-order valence-corrected chi connectivity index (χ3v) is 4.91. The van der Waals surface area contributed by atoms with Gasteiger partial charge in [-0.25, -0.2) is 0 Å². The maximum atomic E-state index is 3.69. The SMILES string of the molecule is CCNC1CCCCCC1SCCC(C)C. The summed E-state index contributed by atoms with van der Waals surface area (Å²) in [6.07, 6.45) is 8.52. The normalized spacial score (nSPS) is 27.0. The molecule has 0 heterocycles. The smallest absolute Gasteiger partial charge is 0.0201 e. The van der Waals surface area contributed by atoms with Crippen molar-refractivity contribution in [2.24, 2.45) is 5.92 Å². The van der Waals surface area contributed by atoms with Crippen LogP contribution in [-0.2, 0) is 0 Å². The maximum Gasteiger partial charge on any atom is 0.0201 e. The third kappa shape index (κ3) is 5.58. The van der Waals surface area contributed by atoms with Crippen LogP contribution >= 0.6 is 11.8 Å². The van der Waals surface area contributed by atoms with E-state index in [1.165, 1.54) is 44.3 Å². The highest BCUT2D eigenvalue weighted by atomic mass is 32.2. The summed E-state index contributed by atoms with van der Waals surface area (Å²) in [4.78, 5) is 0. The Labute approximate surface area is 106 Å². The van der Waals surface area contributed by atoms with Crippen LogP contribution in [0.2, 0.25) is 0 Å². The zero-order valence-corrected chi connectivity index (χ0v) is 12.1. The molecule has 0 amide bonds. The topological polar surface area (TPSA) is 12.0 Å². The highest BCUT2D eigenvalue weighted by molar-refractivity contribution is 7.99. The number of thioether (sulfide) groups is 1. The standard InChI is InChI=1S/C14H29NS/c1-4-15-13-8-6-5-7-9-14(13)16-11-10-12(2)3/h12-15H,4-11H2,1-3H3. The van der Waals surface area contributed by atoms with Crippen LogP contribution in [0.5, 0.6) is 0 Å². The predicted molar refractivity (Wildman–Crippen MR) is 76.3 cm³/mol. The number of hydrogen-bond acceptors (Lipinski definition) is 2. The second kappa shape index (κ2) is 8.41. The summed E-state index contributed by atoms with van der Waals surface area (Å²) in [6.45, 7) is 8.03. The molecule has 0 bridgehead atoms. The van der Waals surface area contributed by atoms with Crippen molar-refractivity contribution in [1.82, 2.24) is 5.32 Å². The van der Waals surface area contributed by atoms with Gasteiger partial charge in [0.15, 0.2) is 0 Å². The Morgan fingerprint density at radius 3 is 2.62 bits per heavy atom. The molecule has 2 unspecified atom stereocenters. The van der Waals surface area contributed by atoms with Gasteiger partial charge in [-0.2, -0.15) is 11.8 Å². The highest BCUT2D eigenvalue weighted by Crippen LogP contribution is 2.28.